The number of carboxylic acids is 1. The first-order valence-electron chi connectivity index (χ1n) is 8.23. The van der Waals surface area contributed by atoms with Gasteiger partial charge >= 0.3 is 11.9 Å². The molecular weight excluding hydrogens is 322 g/mol. The average molecular weight is 347 g/mol. The maximum Gasteiger partial charge on any atom is 0.326 e. The van der Waals surface area contributed by atoms with Gasteiger partial charge in [-0.1, -0.05) is 51.1 Å². The number of hydrogen-bond donors (Lipinski definition) is 1. The highest BCUT2D eigenvalue weighted by atomic mass is 16.5. The first-order valence-corrected chi connectivity index (χ1v) is 8.23. The minimum Gasteiger partial charge on any atom is -0.480 e. The van der Waals surface area contributed by atoms with Crippen molar-refractivity contribution in [2.75, 3.05) is 7.11 Å². The fourth-order valence-electron chi connectivity index (χ4n) is 3.54. The molecule has 1 saturated heterocycles. The number of hydrogen-bond acceptors (Lipinski definition) is 4. The normalized spacial score (nSPS) is 26.4. The average Bonchev–Trinajstić information content (AvgIpc) is 2.88. The van der Waals surface area contributed by atoms with E-state index in [1.165, 1.54) is 12.0 Å². The minimum absolute atomic E-state index is 0.0103. The molecule has 1 aliphatic rings. The van der Waals surface area contributed by atoms with Crippen molar-refractivity contribution in [3.05, 3.63) is 35.9 Å². The SMILES string of the molecule is COC(=O)[C@@]1(C)C[C@@H](C(=O)O)N(C(=O)C(C)(C)C)[C@H]1c1ccccc1. The smallest absolute Gasteiger partial charge is 0.326 e. The van der Waals surface area contributed by atoms with Crippen molar-refractivity contribution >= 4 is 17.8 Å². The van der Waals surface area contributed by atoms with Gasteiger partial charge in [-0.15, -0.1) is 0 Å². The van der Waals surface area contributed by atoms with E-state index >= 15 is 0 Å². The van der Waals surface area contributed by atoms with Crippen LogP contribution in [0.3, 0.4) is 0 Å². The van der Waals surface area contributed by atoms with Gasteiger partial charge in [-0.25, -0.2) is 4.79 Å². The van der Waals surface area contributed by atoms with Gasteiger partial charge in [0.05, 0.1) is 18.6 Å². The van der Waals surface area contributed by atoms with Crippen molar-refractivity contribution in [3.63, 3.8) is 0 Å². The summed E-state index contributed by atoms with van der Waals surface area (Å²) in [6, 6.07) is 7.27. The summed E-state index contributed by atoms with van der Waals surface area (Å²) in [5, 5.41) is 9.70. The topological polar surface area (TPSA) is 83.9 Å². The van der Waals surface area contributed by atoms with E-state index in [9.17, 15) is 19.5 Å². The fraction of sp³-hybridized carbons (Fsp3) is 0.526. The number of carbonyl (C=O) groups is 3. The maximum atomic E-state index is 13.1. The third kappa shape index (κ3) is 3.25. The molecule has 1 aliphatic heterocycles. The van der Waals surface area contributed by atoms with Crippen molar-refractivity contribution < 1.29 is 24.2 Å². The summed E-state index contributed by atoms with van der Waals surface area (Å²) < 4.78 is 4.96. The summed E-state index contributed by atoms with van der Waals surface area (Å²) >= 11 is 0. The molecule has 6 nitrogen and oxygen atoms in total. The molecular formula is C19H25NO5. The molecule has 0 bridgehead atoms. The molecule has 1 aromatic rings. The van der Waals surface area contributed by atoms with Gasteiger partial charge in [0.25, 0.3) is 0 Å². The van der Waals surface area contributed by atoms with Crippen LogP contribution < -0.4 is 0 Å². The predicted octanol–water partition coefficient (Wildman–Crippen LogP) is 2.64. The standard InChI is InChI=1S/C19H25NO5/c1-18(2,3)16(23)20-13(15(21)22)11-19(4,17(24)25-5)14(20)12-9-7-6-8-10-12/h6-10,13-14H,11H2,1-5H3,(H,21,22)/t13-,14-,19-/m0/s1. The van der Waals surface area contributed by atoms with Gasteiger partial charge in [-0.3, -0.25) is 9.59 Å². The second kappa shape index (κ2) is 6.50. The second-order valence-electron chi connectivity index (χ2n) is 7.74. The number of carbonyl (C=O) groups excluding carboxylic acids is 2. The molecule has 1 fully saturated rings. The molecule has 136 valence electrons. The van der Waals surface area contributed by atoms with E-state index in [0.29, 0.717) is 0 Å². The number of ether oxygens (including phenoxy) is 1. The zero-order valence-electron chi connectivity index (χ0n) is 15.3. The molecule has 25 heavy (non-hydrogen) atoms. The Morgan fingerprint density at radius 2 is 1.76 bits per heavy atom. The summed E-state index contributed by atoms with van der Waals surface area (Å²) in [6.45, 7) is 6.89. The molecule has 0 radical (unpaired) electrons. The van der Waals surface area contributed by atoms with E-state index < -0.39 is 34.9 Å². The largest absolute Gasteiger partial charge is 0.480 e. The molecule has 0 spiro atoms. The number of benzene rings is 1. The van der Waals surface area contributed by atoms with E-state index in [-0.39, 0.29) is 12.3 Å². The number of carboxylic acid groups (broad SMARTS) is 1. The van der Waals surface area contributed by atoms with E-state index in [0.717, 1.165) is 5.56 Å². The molecule has 1 heterocycles. The predicted molar refractivity (Wildman–Crippen MR) is 91.6 cm³/mol. The molecule has 3 atom stereocenters. The highest BCUT2D eigenvalue weighted by Crippen LogP contribution is 2.52. The Morgan fingerprint density at radius 3 is 2.20 bits per heavy atom. The number of rotatable bonds is 3. The van der Waals surface area contributed by atoms with Crippen molar-refractivity contribution in [1.29, 1.82) is 0 Å². The van der Waals surface area contributed by atoms with Gasteiger partial charge in [0, 0.05) is 5.41 Å². The third-order valence-corrected chi connectivity index (χ3v) is 4.76. The Hall–Kier alpha value is -2.37. The van der Waals surface area contributed by atoms with Crippen LogP contribution in [-0.4, -0.2) is 41.0 Å². The molecule has 0 aromatic heterocycles. The van der Waals surface area contributed by atoms with Crippen molar-refractivity contribution in [1.82, 2.24) is 4.90 Å². The Kier molecular flexibility index (Phi) is 4.93. The van der Waals surface area contributed by atoms with E-state index in [1.54, 1.807) is 52.0 Å². The fourth-order valence-corrected chi connectivity index (χ4v) is 3.54. The lowest BCUT2D eigenvalue weighted by molar-refractivity contribution is -0.157. The van der Waals surface area contributed by atoms with Crippen LogP contribution in [0, 0.1) is 10.8 Å². The molecule has 0 saturated carbocycles. The second-order valence-corrected chi connectivity index (χ2v) is 7.74. The van der Waals surface area contributed by atoms with E-state index in [1.807, 2.05) is 6.07 Å². The highest BCUT2D eigenvalue weighted by molar-refractivity contribution is 5.91. The van der Waals surface area contributed by atoms with Crippen LogP contribution in [0.4, 0.5) is 0 Å². The van der Waals surface area contributed by atoms with Gasteiger partial charge in [-0.05, 0) is 18.9 Å². The molecule has 1 aromatic carbocycles. The van der Waals surface area contributed by atoms with Crippen LogP contribution in [-0.2, 0) is 19.1 Å². The molecule has 2 rings (SSSR count). The summed E-state index contributed by atoms with van der Waals surface area (Å²) in [5.41, 5.74) is -1.20. The van der Waals surface area contributed by atoms with Gasteiger partial charge in [0.2, 0.25) is 5.91 Å². The number of nitrogens with zero attached hydrogens (tertiary/aromatic N) is 1. The van der Waals surface area contributed by atoms with Gasteiger partial charge in [0.1, 0.15) is 6.04 Å². The maximum absolute atomic E-state index is 13.1. The van der Waals surface area contributed by atoms with Gasteiger partial charge < -0.3 is 14.7 Å². The third-order valence-electron chi connectivity index (χ3n) is 4.76. The Morgan fingerprint density at radius 1 is 1.20 bits per heavy atom. The van der Waals surface area contributed by atoms with Gasteiger partial charge in [0.15, 0.2) is 0 Å². The van der Waals surface area contributed by atoms with Gasteiger partial charge in [-0.2, -0.15) is 0 Å². The van der Waals surface area contributed by atoms with Crippen molar-refractivity contribution in [2.45, 2.75) is 46.2 Å². The quantitative estimate of drug-likeness (QED) is 0.850. The van der Waals surface area contributed by atoms with E-state index in [2.05, 4.69) is 0 Å². The molecule has 0 unspecified atom stereocenters. The monoisotopic (exact) mass is 347 g/mol. The van der Waals surface area contributed by atoms with Crippen LogP contribution in [0.15, 0.2) is 30.3 Å². The first kappa shape index (κ1) is 19.0. The lowest BCUT2D eigenvalue weighted by Crippen LogP contribution is -2.48. The van der Waals surface area contributed by atoms with E-state index in [4.69, 9.17) is 4.74 Å². The number of aliphatic carboxylic acids is 1. The number of likely N-dealkylation sites (tertiary alicyclic amines) is 1. The lowest BCUT2D eigenvalue weighted by atomic mass is 9.78. The Bertz CT molecular complexity index is 679. The summed E-state index contributed by atoms with van der Waals surface area (Å²) in [7, 11) is 1.28. The highest BCUT2D eigenvalue weighted by Gasteiger charge is 2.59. The zero-order valence-corrected chi connectivity index (χ0v) is 15.3. The number of esters is 1. The summed E-state index contributed by atoms with van der Waals surface area (Å²) in [4.78, 5) is 38.9. The summed E-state index contributed by atoms with van der Waals surface area (Å²) in [5.74, 6) is -1.94. The minimum atomic E-state index is -1.14. The van der Waals surface area contributed by atoms with Crippen LogP contribution in [0.2, 0.25) is 0 Å². The van der Waals surface area contributed by atoms with Crippen molar-refractivity contribution in [3.8, 4) is 0 Å². The Labute approximate surface area is 147 Å². The van der Waals surface area contributed by atoms with Crippen LogP contribution in [0.5, 0.6) is 0 Å². The number of methoxy groups -OCH3 is 1. The first-order chi connectivity index (χ1) is 11.5. The zero-order chi connectivity index (χ0) is 19.0. The Balaban J connectivity index is 2.67. The lowest BCUT2D eigenvalue weighted by Gasteiger charge is -2.37. The molecule has 6 heteroatoms. The molecule has 0 aliphatic carbocycles. The van der Waals surface area contributed by atoms with Crippen LogP contribution in [0.1, 0.15) is 45.7 Å². The molecule has 1 N–H and O–H groups in total. The summed E-state index contributed by atoms with van der Waals surface area (Å²) in [6.07, 6.45) is 0.0103. The van der Waals surface area contributed by atoms with Crippen LogP contribution in [0.25, 0.3) is 0 Å². The van der Waals surface area contributed by atoms with Crippen molar-refractivity contribution in [2.24, 2.45) is 10.8 Å². The van der Waals surface area contributed by atoms with Crippen LogP contribution >= 0.6 is 0 Å². The number of amides is 1. The molecule has 1 amide bonds.